The Morgan fingerprint density at radius 2 is 2.09 bits per heavy atom. The van der Waals surface area contributed by atoms with Gasteiger partial charge >= 0.3 is 0 Å². The minimum atomic E-state index is -0.257. The molecule has 4 rings (SSSR count). The molecule has 4 heterocycles. The maximum atomic E-state index is 12.4. The molecule has 32 heavy (non-hydrogen) atoms. The number of ether oxygens (including phenoxy) is 2. The van der Waals surface area contributed by atoms with Gasteiger partial charge in [0.05, 0.1) is 26.0 Å². The number of pyridine rings is 1. The summed E-state index contributed by atoms with van der Waals surface area (Å²) >= 11 is 0. The normalized spacial score (nSPS) is 14.2. The average molecular weight is 438 g/mol. The second-order valence-corrected chi connectivity index (χ2v) is 7.50. The molecule has 1 saturated heterocycles. The molecule has 0 unspecified atom stereocenters. The number of rotatable bonds is 8. The predicted octanol–water partition coefficient (Wildman–Crippen LogP) is 1.26. The van der Waals surface area contributed by atoms with Gasteiger partial charge in [0.1, 0.15) is 11.9 Å². The van der Waals surface area contributed by atoms with Crippen LogP contribution in [0.25, 0.3) is 0 Å². The van der Waals surface area contributed by atoms with Gasteiger partial charge in [-0.3, -0.25) is 9.48 Å². The van der Waals surface area contributed by atoms with E-state index < -0.39 is 0 Å². The summed E-state index contributed by atoms with van der Waals surface area (Å²) in [5.74, 6) is 1.84. The van der Waals surface area contributed by atoms with E-state index in [0.717, 1.165) is 43.1 Å². The molecule has 1 N–H and O–H groups in total. The van der Waals surface area contributed by atoms with Gasteiger partial charge in [-0.1, -0.05) is 5.21 Å². The Bertz CT molecular complexity index is 1020. The molecule has 0 aromatic carbocycles. The van der Waals surface area contributed by atoms with Crippen LogP contribution in [0.2, 0.25) is 0 Å². The number of carbonyl (C=O) groups is 1. The highest BCUT2D eigenvalue weighted by Gasteiger charge is 2.23. The highest BCUT2D eigenvalue weighted by atomic mass is 16.5. The van der Waals surface area contributed by atoms with Crippen LogP contribution in [0.4, 0.5) is 5.82 Å². The van der Waals surface area contributed by atoms with E-state index in [1.807, 2.05) is 13.0 Å². The van der Waals surface area contributed by atoms with E-state index in [-0.39, 0.29) is 12.0 Å². The van der Waals surface area contributed by atoms with E-state index in [1.165, 1.54) is 0 Å². The lowest BCUT2D eigenvalue weighted by molar-refractivity contribution is 0.0945. The number of anilines is 1. The Hall–Kier alpha value is -3.76. The number of hydrogen-bond acceptors (Lipinski definition) is 9. The zero-order chi connectivity index (χ0) is 22.3. The van der Waals surface area contributed by atoms with Gasteiger partial charge in [0, 0.05) is 44.7 Å². The zero-order valence-electron chi connectivity index (χ0n) is 18.1. The summed E-state index contributed by atoms with van der Waals surface area (Å²) in [7, 11) is 1.59. The first-order valence-corrected chi connectivity index (χ1v) is 10.5. The van der Waals surface area contributed by atoms with E-state index in [0.29, 0.717) is 24.7 Å². The number of piperidine rings is 1. The van der Waals surface area contributed by atoms with Crippen molar-refractivity contribution in [2.24, 2.45) is 0 Å². The molecule has 1 fully saturated rings. The van der Waals surface area contributed by atoms with Gasteiger partial charge in [-0.05, 0) is 24.6 Å². The van der Waals surface area contributed by atoms with Crippen LogP contribution >= 0.6 is 0 Å². The number of carbonyl (C=O) groups excluding carboxylic acids is 1. The molecular weight excluding hydrogens is 412 g/mol. The van der Waals surface area contributed by atoms with Crippen molar-refractivity contribution in [2.45, 2.75) is 32.4 Å². The van der Waals surface area contributed by atoms with Gasteiger partial charge in [-0.25, -0.2) is 4.98 Å². The largest absolute Gasteiger partial charge is 0.489 e. The first kappa shape index (κ1) is 21.5. The van der Waals surface area contributed by atoms with Gasteiger partial charge in [0.15, 0.2) is 11.5 Å². The fourth-order valence-corrected chi connectivity index (χ4v) is 3.56. The minimum absolute atomic E-state index is 0.116. The third kappa shape index (κ3) is 5.29. The van der Waals surface area contributed by atoms with Crippen LogP contribution in [-0.4, -0.2) is 68.9 Å². The van der Waals surface area contributed by atoms with E-state index in [2.05, 4.69) is 35.7 Å². The molecule has 1 aliphatic rings. The lowest BCUT2D eigenvalue weighted by atomic mass is 10.1. The third-order valence-corrected chi connectivity index (χ3v) is 5.25. The van der Waals surface area contributed by atoms with Gasteiger partial charge in [-0.2, -0.15) is 0 Å². The van der Waals surface area contributed by atoms with Crippen molar-refractivity contribution in [3.63, 3.8) is 0 Å². The quantitative estimate of drug-likeness (QED) is 0.554. The Morgan fingerprint density at radius 3 is 2.75 bits per heavy atom. The first-order valence-electron chi connectivity index (χ1n) is 10.5. The van der Waals surface area contributed by atoms with Crippen molar-refractivity contribution < 1.29 is 14.3 Å². The molecule has 11 nitrogen and oxygen atoms in total. The van der Waals surface area contributed by atoms with Crippen LogP contribution < -0.4 is 19.7 Å². The monoisotopic (exact) mass is 438 g/mol. The summed E-state index contributed by atoms with van der Waals surface area (Å²) in [6.45, 7) is 4.52. The molecular formula is C21H26N8O3. The summed E-state index contributed by atoms with van der Waals surface area (Å²) in [5.41, 5.74) is 1.22. The highest BCUT2D eigenvalue weighted by Crippen LogP contribution is 2.24. The molecule has 3 aromatic heterocycles. The Morgan fingerprint density at radius 1 is 1.25 bits per heavy atom. The lowest BCUT2D eigenvalue weighted by Gasteiger charge is -2.33. The number of aryl methyl sites for hydroxylation is 1. The van der Waals surface area contributed by atoms with Crippen LogP contribution in [0.15, 0.2) is 36.8 Å². The predicted molar refractivity (Wildman–Crippen MR) is 116 cm³/mol. The number of nitrogens with zero attached hydrogens (tertiary/aromatic N) is 7. The second kappa shape index (κ2) is 10.0. The van der Waals surface area contributed by atoms with Crippen LogP contribution in [0.5, 0.6) is 11.6 Å². The molecule has 168 valence electrons. The van der Waals surface area contributed by atoms with Gasteiger partial charge in [0.2, 0.25) is 5.88 Å². The standard InChI is InChI=1S/C21H26N8O3/c1-15-13-18(21(30)22-7-11-29-12-8-24-27-29)25-26-20(15)28-9-5-16(6-10-28)32-17-3-4-19(31-2)23-14-17/h3-4,8,12-14,16H,5-7,9-11H2,1-2H3,(H,22,30). The molecule has 0 atom stereocenters. The van der Waals surface area contributed by atoms with Gasteiger partial charge in [0.25, 0.3) is 5.91 Å². The van der Waals surface area contributed by atoms with Crippen LogP contribution in [0.3, 0.4) is 0 Å². The number of amides is 1. The van der Waals surface area contributed by atoms with Crippen molar-refractivity contribution in [1.29, 1.82) is 0 Å². The summed E-state index contributed by atoms with van der Waals surface area (Å²) in [6.07, 6.45) is 6.85. The molecule has 3 aromatic rings. The zero-order valence-corrected chi connectivity index (χ0v) is 18.1. The average Bonchev–Trinajstić information content (AvgIpc) is 3.34. The van der Waals surface area contributed by atoms with Crippen molar-refractivity contribution in [1.82, 2.24) is 35.5 Å². The molecule has 0 saturated carbocycles. The first-order chi connectivity index (χ1) is 15.6. The topological polar surface area (TPSA) is 120 Å². The van der Waals surface area contributed by atoms with Crippen molar-refractivity contribution in [3.8, 4) is 11.6 Å². The summed E-state index contributed by atoms with van der Waals surface area (Å²) in [5, 5.41) is 18.9. The summed E-state index contributed by atoms with van der Waals surface area (Å²) in [6, 6.07) is 5.43. The number of nitrogens with one attached hydrogen (secondary N) is 1. The second-order valence-electron chi connectivity index (χ2n) is 7.50. The molecule has 0 radical (unpaired) electrons. The lowest BCUT2D eigenvalue weighted by Crippen LogP contribution is -2.39. The fraction of sp³-hybridized carbons (Fsp3) is 0.429. The van der Waals surface area contributed by atoms with Crippen LogP contribution in [0.1, 0.15) is 28.9 Å². The molecule has 0 spiro atoms. The highest BCUT2D eigenvalue weighted by molar-refractivity contribution is 5.92. The van der Waals surface area contributed by atoms with E-state index >= 15 is 0 Å². The molecule has 0 bridgehead atoms. The van der Waals surface area contributed by atoms with Gasteiger partial charge < -0.3 is 19.7 Å². The molecule has 0 aliphatic carbocycles. The van der Waals surface area contributed by atoms with Crippen molar-refractivity contribution in [2.75, 3.05) is 31.6 Å². The smallest absolute Gasteiger partial charge is 0.271 e. The Balaban J connectivity index is 1.28. The van der Waals surface area contributed by atoms with Crippen LogP contribution in [0, 0.1) is 6.92 Å². The van der Waals surface area contributed by atoms with Crippen molar-refractivity contribution >= 4 is 11.7 Å². The summed E-state index contributed by atoms with van der Waals surface area (Å²) < 4.78 is 12.8. The fourth-order valence-electron chi connectivity index (χ4n) is 3.56. The SMILES string of the molecule is COc1ccc(OC2CCN(c3nnc(C(=O)NCCn4ccnn4)cc3C)CC2)cn1. The molecule has 1 aliphatic heterocycles. The van der Waals surface area contributed by atoms with Crippen LogP contribution in [-0.2, 0) is 6.54 Å². The number of methoxy groups -OCH3 is 1. The summed E-state index contributed by atoms with van der Waals surface area (Å²) in [4.78, 5) is 18.7. The maximum absolute atomic E-state index is 12.4. The molecule has 11 heteroatoms. The van der Waals surface area contributed by atoms with Crippen molar-refractivity contribution in [3.05, 3.63) is 48.0 Å². The maximum Gasteiger partial charge on any atom is 0.271 e. The number of hydrogen-bond donors (Lipinski definition) is 1. The van der Waals surface area contributed by atoms with E-state index in [9.17, 15) is 4.79 Å². The van der Waals surface area contributed by atoms with E-state index in [4.69, 9.17) is 9.47 Å². The Kier molecular flexibility index (Phi) is 6.73. The Labute approximate surface area is 185 Å². The molecule has 1 amide bonds. The third-order valence-electron chi connectivity index (χ3n) is 5.25. The van der Waals surface area contributed by atoms with Gasteiger partial charge in [-0.15, -0.1) is 15.3 Å². The minimum Gasteiger partial charge on any atom is -0.489 e. The number of aromatic nitrogens is 6. The van der Waals surface area contributed by atoms with E-state index in [1.54, 1.807) is 42.5 Å².